The Hall–Kier alpha value is -3.34. The third kappa shape index (κ3) is 3.11. The maximum Gasteiger partial charge on any atom is 0.200 e. The summed E-state index contributed by atoms with van der Waals surface area (Å²) >= 11 is 0. The van der Waals surface area contributed by atoms with Gasteiger partial charge in [0.15, 0.2) is 5.78 Å². The van der Waals surface area contributed by atoms with Gasteiger partial charge in [0, 0.05) is 18.3 Å². The van der Waals surface area contributed by atoms with Gasteiger partial charge in [0.2, 0.25) is 5.43 Å². The molecule has 0 aliphatic carbocycles. The van der Waals surface area contributed by atoms with E-state index >= 15 is 0 Å². The summed E-state index contributed by atoms with van der Waals surface area (Å²) in [6, 6.07) is 11.9. The molecular weight excluding hydrogens is 330 g/mol. The van der Waals surface area contributed by atoms with Gasteiger partial charge in [-0.1, -0.05) is 6.08 Å². The zero-order chi connectivity index (χ0) is 18.7. The van der Waals surface area contributed by atoms with Gasteiger partial charge in [-0.05, 0) is 42.5 Å². The number of hydrogen-bond acceptors (Lipinski definition) is 4. The van der Waals surface area contributed by atoms with Gasteiger partial charge in [0.25, 0.3) is 0 Å². The largest absolute Gasteiger partial charge is 0.497 e. The molecule has 0 saturated carbocycles. The topological polar surface area (TPSA) is 57.5 Å². The maximum absolute atomic E-state index is 13.0. The van der Waals surface area contributed by atoms with Crippen molar-refractivity contribution in [3.8, 4) is 11.5 Å². The van der Waals surface area contributed by atoms with Crippen LogP contribution in [0, 0.1) is 0 Å². The standard InChI is InChI=1S/C21H19NO4/c1-4-11-22-13-18(20(23)14-5-7-15(25-2)8-6-14)21(24)17-12-16(26-3)9-10-19(17)22/h4-10,12-13H,1,11H2,2-3H3. The number of ether oxygens (including phenoxy) is 2. The van der Waals surface area contributed by atoms with Crippen molar-refractivity contribution in [3.63, 3.8) is 0 Å². The summed E-state index contributed by atoms with van der Waals surface area (Å²) in [6.07, 6.45) is 3.31. The minimum absolute atomic E-state index is 0.109. The number of pyridine rings is 1. The Morgan fingerprint density at radius 1 is 1.08 bits per heavy atom. The lowest BCUT2D eigenvalue weighted by atomic mass is 10.0. The lowest BCUT2D eigenvalue weighted by molar-refractivity contribution is 0.103. The van der Waals surface area contributed by atoms with Crippen LogP contribution in [0.5, 0.6) is 11.5 Å². The molecule has 0 aliphatic heterocycles. The highest BCUT2D eigenvalue weighted by Gasteiger charge is 2.17. The molecule has 0 unspecified atom stereocenters. The van der Waals surface area contributed by atoms with Crippen molar-refractivity contribution in [3.05, 3.63) is 82.7 Å². The zero-order valence-corrected chi connectivity index (χ0v) is 14.7. The molecule has 5 nitrogen and oxygen atoms in total. The SMILES string of the molecule is C=CCn1cc(C(=O)c2ccc(OC)cc2)c(=O)c2cc(OC)ccc21. The predicted octanol–water partition coefficient (Wildman–Crippen LogP) is 3.44. The number of allylic oxidation sites excluding steroid dienone is 1. The normalized spacial score (nSPS) is 10.5. The van der Waals surface area contributed by atoms with E-state index in [0.29, 0.717) is 29.0 Å². The van der Waals surface area contributed by atoms with Gasteiger partial charge < -0.3 is 14.0 Å². The van der Waals surface area contributed by atoms with Crippen LogP contribution in [0.15, 0.2) is 66.1 Å². The molecular formula is C21H19NO4. The summed E-state index contributed by atoms with van der Waals surface area (Å²) in [5.41, 5.74) is 0.940. The van der Waals surface area contributed by atoms with Gasteiger partial charge in [-0.25, -0.2) is 0 Å². The Morgan fingerprint density at radius 2 is 1.73 bits per heavy atom. The highest BCUT2D eigenvalue weighted by Crippen LogP contribution is 2.21. The van der Waals surface area contributed by atoms with Crippen LogP contribution in [0.4, 0.5) is 0 Å². The van der Waals surface area contributed by atoms with Crippen LogP contribution < -0.4 is 14.9 Å². The fourth-order valence-electron chi connectivity index (χ4n) is 2.85. The number of fused-ring (bicyclic) bond motifs is 1. The van der Waals surface area contributed by atoms with Crippen LogP contribution in [-0.2, 0) is 6.54 Å². The summed E-state index contributed by atoms with van der Waals surface area (Å²) in [5.74, 6) is 0.878. The third-order valence-electron chi connectivity index (χ3n) is 4.21. The number of hydrogen-bond donors (Lipinski definition) is 0. The van der Waals surface area contributed by atoms with Crippen molar-refractivity contribution in [2.24, 2.45) is 0 Å². The zero-order valence-electron chi connectivity index (χ0n) is 14.7. The fourth-order valence-corrected chi connectivity index (χ4v) is 2.85. The van der Waals surface area contributed by atoms with Crippen LogP contribution in [0.3, 0.4) is 0 Å². The van der Waals surface area contributed by atoms with Crippen LogP contribution >= 0.6 is 0 Å². The molecule has 0 amide bonds. The monoisotopic (exact) mass is 349 g/mol. The molecule has 0 bridgehead atoms. The summed E-state index contributed by atoms with van der Waals surface area (Å²) in [7, 11) is 3.09. The van der Waals surface area contributed by atoms with E-state index < -0.39 is 0 Å². The van der Waals surface area contributed by atoms with Gasteiger partial charge in [0.1, 0.15) is 11.5 Å². The van der Waals surface area contributed by atoms with E-state index in [2.05, 4.69) is 6.58 Å². The molecule has 5 heteroatoms. The minimum Gasteiger partial charge on any atom is -0.497 e. The molecule has 0 atom stereocenters. The molecule has 1 aromatic heterocycles. The molecule has 2 aromatic carbocycles. The smallest absolute Gasteiger partial charge is 0.200 e. The Bertz CT molecular complexity index is 1030. The highest BCUT2D eigenvalue weighted by molar-refractivity contribution is 6.10. The lowest BCUT2D eigenvalue weighted by Gasteiger charge is -2.12. The Morgan fingerprint density at radius 3 is 2.35 bits per heavy atom. The summed E-state index contributed by atoms with van der Waals surface area (Å²) < 4.78 is 12.2. The summed E-state index contributed by atoms with van der Waals surface area (Å²) in [4.78, 5) is 25.9. The minimum atomic E-state index is -0.333. The van der Waals surface area contributed by atoms with Crippen molar-refractivity contribution in [2.75, 3.05) is 14.2 Å². The number of benzene rings is 2. The molecule has 26 heavy (non-hydrogen) atoms. The van der Waals surface area contributed by atoms with E-state index in [1.165, 1.54) is 7.11 Å². The molecule has 0 saturated heterocycles. The number of carbonyl (C=O) groups is 1. The molecule has 3 aromatic rings. The molecule has 132 valence electrons. The van der Waals surface area contributed by atoms with E-state index in [9.17, 15) is 9.59 Å². The van der Waals surface area contributed by atoms with Crippen LogP contribution in [0.25, 0.3) is 10.9 Å². The first-order chi connectivity index (χ1) is 12.6. The first-order valence-electron chi connectivity index (χ1n) is 8.10. The third-order valence-corrected chi connectivity index (χ3v) is 4.21. The number of aromatic nitrogens is 1. The number of nitrogens with zero attached hydrogens (tertiary/aromatic N) is 1. The maximum atomic E-state index is 13.0. The average Bonchev–Trinajstić information content (AvgIpc) is 2.69. The first kappa shape index (κ1) is 17.5. The molecule has 1 heterocycles. The second kappa shape index (κ2) is 7.27. The van der Waals surface area contributed by atoms with E-state index in [4.69, 9.17) is 9.47 Å². The number of ketones is 1. The van der Waals surface area contributed by atoms with Gasteiger partial charge in [-0.15, -0.1) is 6.58 Å². The van der Waals surface area contributed by atoms with Gasteiger partial charge in [-0.2, -0.15) is 0 Å². The van der Waals surface area contributed by atoms with Crippen molar-refractivity contribution < 1.29 is 14.3 Å². The van der Waals surface area contributed by atoms with Gasteiger partial charge in [0.05, 0.1) is 30.7 Å². The molecule has 0 spiro atoms. The quantitative estimate of drug-likeness (QED) is 0.505. The second-order valence-corrected chi connectivity index (χ2v) is 5.75. The van der Waals surface area contributed by atoms with Gasteiger partial charge >= 0.3 is 0 Å². The number of methoxy groups -OCH3 is 2. The summed E-state index contributed by atoms with van der Waals surface area (Å²) in [6.45, 7) is 4.23. The van der Waals surface area contributed by atoms with Crippen molar-refractivity contribution >= 4 is 16.7 Å². The van der Waals surface area contributed by atoms with E-state index in [1.807, 2.05) is 4.57 Å². The molecule has 3 rings (SSSR count). The first-order valence-corrected chi connectivity index (χ1v) is 8.10. The van der Waals surface area contributed by atoms with Crippen LogP contribution in [0.2, 0.25) is 0 Å². The average molecular weight is 349 g/mol. The van der Waals surface area contributed by atoms with Crippen LogP contribution in [0.1, 0.15) is 15.9 Å². The van der Waals surface area contributed by atoms with Crippen molar-refractivity contribution in [1.82, 2.24) is 4.57 Å². The molecule has 0 N–H and O–H groups in total. The van der Waals surface area contributed by atoms with E-state index in [0.717, 1.165) is 5.52 Å². The Balaban J connectivity index is 2.20. The summed E-state index contributed by atoms with van der Waals surface area (Å²) in [5, 5.41) is 0.436. The Kier molecular flexibility index (Phi) is 4.89. The van der Waals surface area contributed by atoms with E-state index in [-0.39, 0.29) is 16.8 Å². The van der Waals surface area contributed by atoms with Crippen LogP contribution in [-0.4, -0.2) is 24.6 Å². The molecule has 0 fully saturated rings. The Labute approximate surface area is 151 Å². The van der Waals surface area contributed by atoms with Gasteiger partial charge in [-0.3, -0.25) is 9.59 Å². The second-order valence-electron chi connectivity index (χ2n) is 5.75. The van der Waals surface area contributed by atoms with Crippen molar-refractivity contribution in [2.45, 2.75) is 6.54 Å². The van der Waals surface area contributed by atoms with Crippen molar-refractivity contribution in [1.29, 1.82) is 0 Å². The number of carbonyl (C=O) groups excluding carboxylic acids is 1. The molecule has 0 aliphatic rings. The lowest BCUT2D eigenvalue weighted by Crippen LogP contribution is -2.19. The fraction of sp³-hybridized carbons (Fsp3) is 0.143. The molecule has 0 radical (unpaired) electrons. The predicted molar refractivity (Wildman–Crippen MR) is 101 cm³/mol. The van der Waals surface area contributed by atoms with E-state index in [1.54, 1.807) is 61.8 Å². The number of rotatable bonds is 6. The highest BCUT2D eigenvalue weighted by atomic mass is 16.5.